The predicted molar refractivity (Wildman–Crippen MR) is 53.7 cm³/mol. The second-order valence-corrected chi connectivity index (χ2v) is 3.27. The smallest absolute Gasteiger partial charge is 0.102 e. The SMILES string of the molecule is ClCCOC1C=Cc2cc[c]cc21. The van der Waals surface area contributed by atoms with Crippen LogP contribution in [0, 0.1) is 6.07 Å². The first-order valence-electron chi connectivity index (χ1n) is 4.27. The van der Waals surface area contributed by atoms with Crippen LogP contribution in [-0.4, -0.2) is 12.5 Å². The molecule has 1 radical (unpaired) electrons. The van der Waals surface area contributed by atoms with E-state index in [1.807, 2.05) is 24.3 Å². The van der Waals surface area contributed by atoms with Gasteiger partial charge in [0.15, 0.2) is 0 Å². The third kappa shape index (κ3) is 1.77. The average Bonchev–Trinajstić information content (AvgIpc) is 2.58. The van der Waals surface area contributed by atoms with Gasteiger partial charge in [-0.05, 0) is 23.3 Å². The maximum atomic E-state index is 5.55. The van der Waals surface area contributed by atoms with Gasteiger partial charge in [0, 0.05) is 5.88 Å². The van der Waals surface area contributed by atoms with E-state index in [0.29, 0.717) is 12.5 Å². The number of fused-ring (bicyclic) bond motifs is 1. The first kappa shape index (κ1) is 8.79. The van der Waals surface area contributed by atoms with Gasteiger partial charge in [-0.3, -0.25) is 0 Å². The predicted octanol–water partition coefficient (Wildman–Crippen LogP) is 2.81. The third-order valence-corrected chi connectivity index (χ3v) is 2.22. The number of halogens is 1. The summed E-state index contributed by atoms with van der Waals surface area (Å²) in [5, 5.41) is 0. The van der Waals surface area contributed by atoms with Crippen LogP contribution in [0.5, 0.6) is 0 Å². The summed E-state index contributed by atoms with van der Waals surface area (Å²) in [6.45, 7) is 0.588. The van der Waals surface area contributed by atoms with Crippen molar-refractivity contribution >= 4 is 17.7 Å². The number of hydrogen-bond acceptors (Lipinski definition) is 1. The van der Waals surface area contributed by atoms with E-state index in [-0.39, 0.29) is 6.10 Å². The van der Waals surface area contributed by atoms with Crippen molar-refractivity contribution < 1.29 is 4.74 Å². The molecule has 0 N–H and O–H groups in total. The second kappa shape index (κ2) is 3.95. The standard InChI is InChI=1S/C11H10ClO/c12-7-8-13-11-6-5-9-3-1-2-4-10(9)11/h1,3-6,11H,7-8H2. The summed E-state index contributed by atoms with van der Waals surface area (Å²) < 4.78 is 5.54. The van der Waals surface area contributed by atoms with E-state index >= 15 is 0 Å². The van der Waals surface area contributed by atoms with Crippen molar-refractivity contribution in [2.45, 2.75) is 6.10 Å². The highest BCUT2D eigenvalue weighted by atomic mass is 35.5. The number of ether oxygens (including phenoxy) is 1. The Hall–Kier alpha value is -0.790. The largest absolute Gasteiger partial charge is 0.368 e. The van der Waals surface area contributed by atoms with E-state index in [2.05, 4.69) is 12.1 Å². The van der Waals surface area contributed by atoms with Crippen molar-refractivity contribution in [1.82, 2.24) is 0 Å². The molecular formula is C11H10ClO. The molecular weight excluding hydrogens is 184 g/mol. The molecule has 0 saturated carbocycles. The molecule has 2 heteroatoms. The van der Waals surface area contributed by atoms with Crippen LogP contribution >= 0.6 is 11.6 Å². The minimum atomic E-state index is 0.0752. The van der Waals surface area contributed by atoms with Crippen molar-refractivity contribution in [3.8, 4) is 0 Å². The van der Waals surface area contributed by atoms with Crippen molar-refractivity contribution in [3.63, 3.8) is 0 Å². The van der Waals surface area contributed by atoms with Gasteiger partial charge in [-0.2, -0.15) is 0 Å². The highest BCUT2D eigenvalue weighted by Crippen LogP contribution is 2.30. The van der Waals surface area contributed by atoms with Crippen LogP contribution in [0.1, 0.15) is 17.2 Å². The minimum Gasteiger partial charge on any atom is -0.368 e. The Labute approximate surface area is 83.0 Å². The summed E-state index contributed by atoms with van der Waals surface area (Å²) in [6, 6.07) is 8.96. The Morgan fingerprint density at radius 2 is 2.46 bits per heavy atom. The zero-order valence-corrected chi connectivity index (χ0v) is 7.92. The Morgan fingerprint density at radius 3 is 3.31 bits per heavy atom. The quantitative estimate of drug-likeness (QED) is 0.671. The molecule has 0 saturated heterocycles. The van der Waals surface area contributed by atoms with Gasteiger partial charge in [-0.25, -0.2) is 0 Å². The Bertz CT molecular complexity index is 320. The van der Waals surface area contributed by atoms with Crippen LogP contribution in [0.4, 0.5) is 0 Å². The molecule has 0 fully saturated rings. The van der Waals surface area contributed by atoms with Crippen molar-refractivity contribution in [2.75, 3.05) is 12.5 Å². The average molecular weight is 194 g/mol. The molecule has 0 aromatic heterocycles. The summed E-state index contributed by atoms with van der Waals surface area (Å²) in [7, 11) is 0. The van der Waals surface area contributed by atoms with E-state index in [9.17, 15) is 0 Å². The van der Waals surface area contributed by atoms with Crippen molar-refractivity contribution in [2.24, 2.45) is 0 Å². The first-order chi connectivity index (χ1) is 6.42. The van der Waals surface area contributed by atoms with E-state index in [4.69, 9.17) is 16.3 Å². The molecule has 0 amide bonds. The van der Waals surface area contributed by atoms with Crippen LogP contribution in [0.3, 0.4) is 0 Å². The normalized spacial score (nSPS) is 19.0. The van der Waals surface area contributed by atoms with Crippen LogP contribution in [0.25, 0.3) is 6.08 Å². The lowest BCUT2D eigenvalue weighted by molar-refractivity contribution is 0.101. The molecule has 0 bridgehead atoms. The monoisotopic (exact) mass is 193 g/mol. The molecule has 1 unspecified atom stereocenters. The van der Waals surface area contributed by atoms with Gasteiger partial charge in [0.05, 0.1) is 6.61 Å². The maximum absolute atomic E-state index is 5.55. The highest BCUT2D eigenvalue weighted by molar-refractivity contribution is 6.17. The molecule has 13 heavy (non-hydrogen) atoms. The lowest BCUT2D eigenvalue weighted by Crippen LogP contribution is -2.01. The number of alkyl halides is 1. The van der Waals surface area contributed by atoms with Gasteiger partial charge in [0.25, 0.3) is 0 Å². The van der Waals surface area contributed by atoms with Gasteiger partial charge in [0.2, 0.25) is 0 Å². The fourth-order valence-corrected chi connectivity index (χ4v) is 1.55. The number of benzene rings is 1. The minimum absolute atomic E-state index is 0.0752. The van der Waals surface area contributed by atoms with Gasteiger partial charge in [0.1, 0.15) is 6.10 Å². The third-order valence-electron chi connectivity index (χ3n) is 2.06. The van der Waals surface area contributed by atoms with E-state index in [1.165, 1.54) is 11.1 Å². The van der Waals surface area contributed by atoms with E-state index in [1.54, 1.807) is 0 Å². The van der Waals surface area contributed by atoms with Crippen molar-refractivity contribution in [1.29, 1.82) is 0 Å². The zero-order chi connectivity index (χ0) is 9.10. The topological polar surface area (TPSA) is 9.23 Å². The summed E-state index contributed by atoms with van der Waals surface area (Å²) in [4.78, 5) is 0. The molecule has 1 aromatic rings. The number of hydrogen-bond donors (Lipinski definition) is 0. The van der Waals surface area contributed by atoms with E-state index < -0.39 is 0 Å². The maximum Gasteiger partial charge on any atom is 0.102 e. The molecule has 0 heterocycles. The lowest BCUT2D eigenvalue weighted by atomic mass is 10.1. The second-order valence-electron chi connectivity index (χ2n) is 2.89. The summed E-state index contributed by atoms with van der Waals surface area (Å²) in [5.41, 5.74) is 2.41. The lowest BCUT2D eigenvalue weighted by Gasteiger charge is -2.10. The zero-order valence-electron chi connectivity index (χ0n) is 7.16. The van der Waals surface area contributed by atoms with Crippen LogP contribution in [0.15, 0.2) is 24.3 Å². The molecule has 2 rings (SSSR count). The summed E-state index contributed by atoms with van der Waals surface area (Å²) >= 11 is 5.55. The van der Waals surface area contributed by atoms with Gasteiger partial charge in [-0.1, -0.05) is 24.3 Å². The van der Waals surface area contributed by atoms with Crippen LogP contribution in [-0.2, 0) is 4.74 Å². The Kier molecular flexibility index (Phi) is 2.67. The molecule has 1 aromatic carbocycles. The summed E-state index contributed by atoms with van der Waals surface area (Å²) in [6.07, 6.45) is 4.19. The fourth-order valence-electron chi connectivity index (χ4n) is 1.47. The van der Waals surface area contributed by atoms with Gasteiger partial charge in [-0.15, -0.1) is 11.6 Å². The molecule has 1 aliphatic rings. The van der Waals surface area contributed by atoms with Crippen LogP contribution in [0.2, 0.25) is 0 Å². The summed E-state index contributed by atoms with van der Waals surface area (Å²) in [5.74, 6) is 0.538. The molecule has 1 aliphatic carbocycles. The van der Waals surface area contributed by atoms with Crippen molar-refractivity contribution in [3.05, 3.63) is 41.5 Å². The number of rotatable bonds is 3. The van der Waals surface area contributed by atoms with Crippen LogP contribution < -0.4 is 0 Å². The molecule has 0 spiro atoms. The first-order valence-corrected chi connectivity index (χ1v) is 4.81. The molecule has 0 aliphatic heterocycles. The fraction of sp³-hybridized carbons (Fsp3) is 0.273. The van der Waals surface area contributed by atoms with Gasteiger partial charge >= 0.3 is 0 Å². The highest BCUT2D eigenvalue weighted by Gasteiger charge is 2.16. The van der Waals surface area contributed by atoms with Gasteiger partial charge < -0.3 is 4.74 Å². The molecule has 1 atom stereocenters. The Morgan fingerprint density at radius 1 is 1.54 bits per heavy atom. The van der Waals surface area contributed by atoms with E-state index in [0.717, 1.165) is 0 Å². The molecule has 67 valence electrons. The Balaban J connectivity index is 2.14. The molecule has 1 nitrogen and oxygen atoms in total.